The van der Waals surface area contributed by atoms with Gasteiger partial charge in [-0.25, -0.2) is 0 Å². The van der Waals surface area contributed by atoms with Crippen LogP contribution in [-0.2, 0) is 6.54 Å². The van der Waals surface area contributed by atoms with Gasteiger partial charge in [0.25, 0.3) is 0 Å². The van der Waals surface area contributed by atoms with E-state index in [-0.39, 0.29) is 0 Å². The third-order valence-corrected chi connectivity index (χ3v) is 4.83. The first-order valence-corrected chi connectivity index (χ1v) is 9.12. The minimum Gasteiger partial charge on any atom is -0.494 e. The normalized spacial score (nSPS) is 16.0. The predicted molar refractivity (Wildman–Crippen MR) is 105 cm³/mol. The van der Waals surface area contributed by atoms with Gasteiger partial charge in [0, 0.05) is 51.1 Å². The summed E-state index contributed by atoms with van der Waals surface area (Å²) in [4.78, 5) is 7.16. The van der Waals surface area contributed by atoms with Crippen LogP contribution < -0.4 is 9.64 Å². The lowest BCUT2D eigenvalue weighted by atomic mass is 10.1. The van der Waals surface area contributed by atoms with Gasteiger partial charge in [-0.1, -0.05) is 12.1 Å². The molecule has 0 radical (unpaired) electrons. The first-order chi connectivity index (χ1) is 12.2. The van der Waals surface area contributed by atoms with E-state index < -0.39 is 0 Å². The average molecular weight is 339 g/mol. The van der Waals surface area contributed by atoms with E-state index >= 15 is 0 Å². The molecule has 3 rings (SSSR count). The van der Waals surface area contributed by atoms with Crippen molar-refractivity contribution in [3.05, 3.63) is 54.1 Å². The molecule has 0 spiro atoms. The highest BCUT2D eigenvalue weighted by atomic mass is 16.5. The second-order valence-electron chi connectivity index (χ2n) is 6.74. The number of rotatable bonds is 6. The molecule has 1 aliphatic rings. The van der Waals surface area contributed by atoms with Crippen LogP contribution in [0.2, 0.25) is 0 Å². The van der Waals surface area contributed by atoms with Gasteiger partial charge in [0.1, 0.15) is 5.75 Å². The molecule has 25 heavy (non-hydrogen) atoms. The van der Waals surface area contributed by atoms with Gasteiger partial charge in [-0.3, -0.25) is 4.90 Å². The number of anilines is 2. The highest BCUT2D eigenvalue weighted by Gasteiger charge is 2.14. The average Bonchev–Trinajstić information content (AvgIpc) is 2.64. The third-order valence-electron chi connectivity index (χ3n) is 4.83. The molecule has 1 fully saturated rings. The molecule has 4 heteroatoms. The van der Waals surface area contributed by atoms with Gasteiger partial charge in [-0.2, -0.15) is 0 Å². The maximum Gasteiger partial charge on any atom is 0.119 e. The maximum atomic E-state index is 5.53. The molecule has 4 nitrogen and oxygen atoms in total. The lowest BCUT2D eigenvalue weighted by molar-refractivity contribution is 0.148. The van der Waals surface area contributed by atoms with Gasteiger partial charge in [-0.15, -0.1) is 0 Å². The Hall–Kier alpha value is -2.04. The molecule has 0 aromatic heterocycles. The Morgan fingerprint density at radius 1 is 0.960 bits per heavy atom. The summed E-state index contributed by atoms with van der Waals surface area (Å²) in [5.41, 5.74) is 3.76. The van der Waals surface area contributed by atoms with E-state index in [4.69, 9.17) is 4.74 Å². The van der Waals surface area contributed by atoms with Crippen molar-refractivity contribution in [3.63, 3.8) is 0 Å². The van der Waals surface area contributed by atoms with Crippen molar-refractivity contribution in [3.8, 4) is 5.75 Å². The molecule has 1 saturated heterocycles. The van der Waals surface area contributed by atoms with Crippen molar-refractivity contribution in [2.45, 2.75) is 13.5 Å². The van der Waals surface area contributed by atoms with Crippen LogP contribution in [-0.4, -0.2) is 56.7 Å². The Kier molecular flexibility index (Phi) is 5.95. The predicted octanol–water partition coefficient (Wildman–Crippen LogP) is 3.60. The van der Waals surface area contributed by atoms with E-state index in [0.717, 1.165) is 38.5 Å². The van der Waals surface area contributed by atoms with Gasteiger partial charge in [-0.05, 0) is 55.9 Å². The summed E-state index contributed by atoms with van der Waals surface area (Å²) >= 11 is 0. The van der Waals surface area contributed by atoms with Crippen molar-refractivity contribution < 1.29 is 4.74 Å². The molecule has 2 aromatic rings. The van der Waals surface area contributed by atoms with E-state index in [1.54, 1.807) is 0 Å². The molecular formula is C21H29N3O. The highest BCUT2D eigenvalue weighted by Crippen LogP contribution is 2.26. The van der Waals surface area contributed by atoms with Crippen molar-refractivity contribution >= 4 is 11.4 Å². The van der Waals surface area contributed by atoms with E-state index in [9.17, 15) is 0 Å². The van der Waals surface area contributed by atoms with Crippen molar-refractivity contribution in [1.29, 1.82) is 0 Å². The molecule has 1 aliphatic heterocycles. The number of piperazine rings is 1. The fraction of sp³-hybridized carbons (Fsp3) is 0.429. The molecule has 0 aliphatic carbocycles. The number of ether oxygens (including phenoxy) is 1. The summed E-state index contributed by atoms with van der Waals surface area (Å²) in [7, 11) is 4.31. The summed E-state index contributed by atoms with van der Waals surface area (Å²) in [5, 5.41) is 0. The largest absolute Gasteiger partial charge is 0.494 e. The molecule has 0 amide bonds. The van der Waals surface area contributed by atoms with Crippen LogP contribution >= 0.6 is 0 Å². The van der Waals surface area contributed by atoms with Gasteiger partial charge >= 0.3 is 0 Å². The van der Waals surface area contributed by atoms with E-state index in [1.165, 1.54) is 16.9 Å². The topological polar surface area (TPSA) is 19.0 Å². The monoisotopic (exact) mass is 339 g/mol. The fourth-order valence-corrected chi connectivity index (χ4v) is 3.21. The van der Waals surface area contributed by atoms with Gasteiger partial charge in [0.2, 0.25) is 0 Å². The molecule has 0 unspecified atom stereocenters. The van der Waals surface area contributed by atoms with Crippen LogP contribution in [0, 0.1) is 0 Å². The summed E-state index contributed by atoms with van der Waals surface area (Å²) in [6.07, 6.45) is 0. The Bertz CT molecular complexity index is 663. The number of hydrogen-bond acceptors (Lipinski definition) is 4. The zero-order chi connectivity index (χ0) is 17.6. The quantitative estimate of drug-likeness (QED) is 0.800. The maximum absolute atomic E-state index is 5.53. The number of nitrogens with zero attached hydrogens (tertiary/aromatic N) is 3. The number of benzene rings is 2. The van der Waals surface area contributed by atoms with Gasteiger partial charge < -0.3 is 14.5 Å². The van der Waals surface area contributed by atoms with Crippen LogP contribution in [0.25, 0.3) is 0 Å². The second kappa shape index (κ2) is 8.37. The molecule has 2 aromatic carbocycles. The Morgan fingerprint density at radius 3 is 2.36 bits per heavy atom. The number of likely N-dealkylation sites (N-methyl/N-ethyl adjacent to an activating group) is 1. The van der Waals surface area contributed by atoms with E-state index in [0.29, 0.717) is 6.61 Å². The third kappa shape index (κ3) is 4.74. The molecule has 1 heterocycles. The summed E-state index contributed by atoms with van der Waals surface area (Å²) in [6.45, 7) is 8.34. The molecule has 0 N–H and O–H groups in total. The van der Waals surface area contributed by atoms with Crippen LogP contribution in [0.3, 0.4) is 0 Å². The van der Waals surface area contributed by atoms with Gasteiger partial charge in [0.15, 0.2) is 0 Å². The minimum absolute atomic E-state index is 0.698. The second-order valence-corrected chi connectivity index (χ2v) is 6.74. The van der Waals surface area contributed by atoms with Crippen LogP contribution in [0.5, 0.6) is 5.75 Å². The van der Waals surface area contributed by atoms with Crippen molar-refractivity contribution in [2.24, 2.45) is 0 Å². The molecule has 0 saturated carbocycles. The Morgan fingerprint density at radius 2 is 1.68 bits per heavy atom. The van der Waals surface area contributed by atoms with Crippen LogP contribution in [0.4, 0.5) is 11.4 Å². The highest BCUT2D eigenvalue weighted by molar-refractivity contribution is 5.63. The summed E-state index contributed by atoms with van der Waals surface area (Å²) < 4.78 is 5.53. The fourth-order valence-electron chi connectivity index (χ4n) is 3.21. The Balaban J connectivity index is 1.67. The lowest BCUT2D eigenvalue weighted by Crippen LogP contribution is -2.43. The minimum atomic E-state index is 0.698. The van der Waals surface area contributed by atoms with E-state index in [2.05, 4.69) is 65.2 Å². The smallest absolute Gasteiger partial charge is 0.119 e. The first kappa shape index (κ1) is 17.8. The first-order valence-electron chi connectivity index (χ1n) is 9.12. The SMILES string of the molecule is CCOc1ccc(N(C)c2cccc(CN3CCN(C)CC3)c2)cc1. The van der Waals surface area contributed by atoms with Crippen molar-refractivity contribution in [1.82, 2.24) is 9.80 Å². The Labute approximate surface area is 151 Å². The van der Waals surface area contributed by atoms with Crippen LogP contribution in [0.1, 0.15) is 12.5 Å². The molecule has 0 bridgehead atoms. The summed E-state index contributed by atoms with van der Waals surface area (Å²) in [6, 6.07) is 17.1. The van der Waals surface area contributed by atoms with Crippen LogP contribution in [0.15, 0.2) is 48.5 Å². The standard InChI is InChI=1S/C21H29N3O/c1-4-25-21-10-8-19(9-11-21)23(3)20-7-5-6-18(16-20)17-24-14-12-22(2)13-15-24/h5-11,16H,4,12-15,17H2,1-3H3. The van der Waals surface area contributed by atoms with E-state index in [1.807, 2.05) is 19.1 Å². The number of hydrogen-bond donors (Lipinski definition) is 0. The van der Waals surface area contributed by atoms with Gasteiger partial charge in [0.05, 0.1) is 6.61 Å². The molecular weight excluding hydrogens is 310 g/mol. The molecule has 134 valence electrons. The van der Waals surface area contributed by atoms with Crippen molar-refractivity contribution in [2.75, 3.05) is 51.8 Å². The molecule has 0 atom stereocenters. The zero-order valence-corrected chi connectivity index (χ0v) is 15.6. The zero-order valence-electron chi connectivity index (χ0n) is 15.6. The summed E-state index contributed by atoms with van der Waals surface area (Å²) in [5.74, 6) is 0.920. The lowest BCUT2D eigenvalue weighted by Gasteiger charge is -2.32.